The third-order valence-corrected chi connectivity index (χ3v) is 1.01. The fraction of sp³-hybridized carbons (Fsp3) is 0.600. The second-order valence-corrected chi connectivity index (χ2v) is 2.03. The molecule has 0 aromatic rings. The highest BCUT2D eigenvalue weighted by Crippen LogP contribution is 1.76. The van der Waals surface area contributed by atoms with Crippen LogP contribution in [0.4, 0.5) is 0 Å². The quantitative estimate of drug-likeness (QED) is 0.615. The van der Waals surface area contributed by atoms with Gasteiger partial charge in [0.1, 0.15) is 0 Å². The first-order valence-corrected chi connectivity index (χ1v) is 4.31. The van der Waals surface area contributed by atoms with Crippen molar-refractivity contribution in [2.24, 2.45) is 0 Å². The average molecular weight is 155 g/mol. The van der Waals surface area contributed by atoms with Crippen LogP contribution in [-0.2, 0) is 0 Å². The Morgan fingerprint density at radius 3 is 1.82 bits per heavy atom. The van der Waals surface area contributed by atoms with Crippen LogP contribution in [0.5, 0.6) is 0 Å². The van der Waals surface area contributed by atoms with Crippen molar-refractivity contribution in [1.29, 1.82) is 0 Å². The van der Waals surface area contributed by atoms with Crippen molar-refractivity contribution in [2.45, 2.75) is 27.2 Å². The summed E-state index contributed by atoms with van der Waals surface area (Å²) in [5, 5.41) is 3.11. The summed E-state index contributed by atoms with van der Waals surface area (Å²) in [6.45, 7) is 12.0. The van der Waals surface area contributed by atoms with E-state index in [9.17, 15) is 0 Å². The Morgan fingerprint density at radius 2 is 1.73 bits per heavy atom. The summed E-state index contributed by atoms with van der Waals surface area (Å²) in [4.78, 5) is 0. The summed E-state index contributed by atoms with van der Waals surface area (Å²) in [5.41, 5.74) is 0. The second-order valence-electron chi connectivity index (χ2n) is 2.03. The van der Waals surface area contributed by atoms with E-state index in [1.165, 1.54) is 0 Å². The molecular weight excluding hydrogens is 134 g/mol. The molecule has 0 fully saturated rings. The van der Waals surface area contributed by atoms with Gasteiger partial charge in [-0.1, -0.05) is 45.6 Å². The molecule has 0 aromatic heterocycles. The zero-order valence-electron chi connectivity index (χ0n) is 8.06. The van der Waals surface area contributed by atoms with Gasteiger partial charge in [-0.15, -0.1) is 0 Å². The minimum absolute atomic E-state index is 1.09. The van der Waals surface area contributed by atoms with Gasteiger partial charge in [-0.05, 0) is 19.5 Å². The van der Waals surface area contributed by atoms with Gasteiger partial charge in [0.05, 0.1) is 0 Å². The Kier molecular flexibility index (Phi) is 19.3. The van der Waals surface area contributed by atoms with Crippen LogP contribution in [0.2, 0.25) is 0 Å². The van der Waals surface area contributed by atoms with E-state index in [0.29, 0.717) is 0 Å². The van der Waals surface area contributed by atoms with E-state index in [1.54, 1.807) is 6.08 Å². The van der Waals surface area contributed by atoms with Crippen LogP contribution in [0.1, 0.15) is 27.2 Å². The normalized spacial score (nSPS) is 9.00. The largest absolute Gasteiger partial charge is 0.317 e. The van der Waals surface area contributed by atoms with Crippen LogP contribution in [0.15, 0.2) is 24.8 Å². The Labute approximate surface area is 71.2 Å². The lowest BCUT2D eigenvalue weighted by atomic mass is 10.4. The smallest absolute Gasteiger partial charge is 0.00775 e. The van der Waals surface area contributed by atoms with Crippen LogP contribution in [0.25, 0.3) is 0 Å². The monoisotopic (exact) mass is 155 g/mol. The molecule has 0 unspecified atom stereocenters. The van der Waals surface area contributed by atoms with Crippen molar-refractivity contribution in [3.05, 3.63) is 24.8 Å². The van der Waals surface area contributed by atoms with Crippen LogP contribution in [0, 0.1) is 0 Å². The summed E-state index contributed by atoms with van der Waals surface area (Å²) in [6, 6.07) is 0. The molecule has 1 nitrogen and oxygen atoms in total. The Balaban J connectivity index is 0. The fourth-order valence-electron chi connectivity index (χ4n) is 0.482. The molecule has 0 heterocycles. The molecule has 0 spiro atoms. The predicted molar refractivity (Wildman–Crippen MR) is 53.8 cm³/mol. The molecule has 11 heavy (non-hydrogen) atoms. The topological polar surface area (TPSA) is 12.0 Å². The van der Waals surface area contributed by atoms with Gasteiger partial charge < -0.3 is 5.32 Å². The first-order valence-electron chi connectivity index (χ1n) is 4.31. The molecule has 0 aliphatic carbocycles. The van der Waals surface area contributed by atoms with Gasteiger partial charge in [0.2, 0.25) is 0 Å². The number of hydrogen-bond donors (Lipinski definition) is 1. The zero-order valence-corrected chi connectivity index (χ0v) is 8.06. The van der Waals surface area contributed by atoms with Gasteiger partial charge in [-0.2, -0.15) is 0 Å². The summed E-state index contributed by atoms with van der Waals surface area (Å²) in [5.74, 6) is 0. The summed E-state index contributed by atoms with van der Waals surface area (Å²) in [7, 11) is 0. The number of hydrogen-bond acceptors (Lipinski definition) is 1. The third kappa shape index (κ3) is 26.5. The SMILES string of the molecule is C=CC=CCC.CCNCC. The number of rotatable bonds is 4. The van der Waals surface area contributed by atoms with Crippen molar-refractivity contribution in [3.63, 3.8) is 0 Å². The second kappa shape index (κ2) is 16.2. The van der Waals surface area contributed by atoms with Crippen molar-refractivity contribution in [3.8, 4) is 0 Å². The highest BCUT2D eigenvalue weighted by atomic mass is 14.8. The van der Waals surface area contributed by atoms with E-state index in [-0.39, 0.29) is 0 Å². The molecule has 0 saturated carbocycles. The first kappa shape index (κ1) is 13.1. The third-order valence-electron chi connectivity index (χ3n) is 1.01. The number of nitrogens with one attached hydrogen (secondary N) is 1. The summed E-state index contributed by atoms with van der Waals surface area (Å²) >= 11 is 0. The molecule has 0 amide bonds. The molecule has 1 heteroatoms. The molecule has 0 rings (SSSR count). The van der Waals surface area contributed by atoms with Gasteiger partial charge in [0.15, 0.2) is 0 Å². The molecule has 0 radical (unpaired) electrons. The fourth-order valence-corrected chi connectivity index (χ4v) is 0.482. The maximum Gasteiger partial charge on any atom is -0.00775 e. The minimum Gasteiger partial charge on any atom is -0.317 e. The van der Waals surface area contributed by atoms with Crippen LogP contribution >= 0.6 is 0 Å². The van der Waals surface area contributed by atoms with Crippen molar-refractivity contribution in [1.82, 2.24) is 5.32 Å². The van der Waals surface area contributed by atoms with E-state index in [0.717, 1.165) is 19.5 Å². The lowest BCUT2D eigenvalue weighted by Gasteiger charge is -1.86. The van der Waals surface area contributed by atoms with Crippen LogP contribution in [-0.4, -0.2) is 13.1 Å². The summed E-state index contributed by atoms with van der Waals surface area (Å²) in [6.07, 6.45) is 6.89. The maximum atomic E-state index is 3.51. The van der Waals surface area contributed by atoms with Gasteiger partial charge >= 0.3 is 0 Å². The van der Waals surface area contributed by atoms with Gasteiger partial charge in [-0.3, -0.25) is 0 Å². The Bertz CT molecular complexity index is 82.9. The van der Waals surface area contributed by atoms with Crippen molar-refractivity contribution < 1.29 is 0 Å². The number of allylic oxidation sites excluding steroid dienone is 3. The minimum atomic E-state index is 1.09. The molecule has 0 bridgehead atoms. The first-order chi connectivity index (χ1) is 5.33. The lowest BCUT2D eigenvalue weighted by Crippen LogP contribution is -2.09. The molecule has 0 saturated heterocycles. The molecule has 0 atom stereocenters. The molecule has 1 N–H and O–H groups in total. The standard InChI is InChI=1S/C6H10.C4H11N/c1-3-5-6-4-2;1-3-5-4-2/h3,5-6H,1,4H2,2H3;5H,3-4H2,1-2H3. The van der Waals surface area contributed by atoms with E-state index in [2.05, 4.69) is 38.7 Å². The molecule has 0 aliphatic heterocycles. The van der Waals surface area contributed by atoms with Gasteiger partial charge in [0.25, 0.3) is 0 Å². The van der Waals surface area contributed by atoms with Crippen LogP contribution < -0.4 is 5.32 Å². The highest BCUT2D eigenvalue weighted by Gasteiger charge is 1.62. The van der Waals surface area contributed by atoms with E-state index in [1.807, 2.05) is 6.08 Å². The summed E-state index contributed by atoms with van der Waals surface area (Å²) < 4.78 is 0. The van der Waals surface area contributed by atoms with Gasteiger partial charge in [-0.25, -0.2) is 0 Å². The molecule has 0 aromatic carbocycles. The Hall–Kier alpha value is -0.560. The molecule has 0 aliphatic rings. The molecular formula is C10H21N. The van der Waals surface area contributed by atoms with Crippen LogP contribution in [0.3, 0.4) is 0 Å². The highest BCUT2D eigenvalue weighted by molar-refractivity contribution is 4.96. The Morgan fingerprint density at radius 1 is 1.18 bits per heavy atom. The maximum absolute atomic E-state index is 3.51. The van der Waals surface area contributed by atoms with Crippen molar-refractivity contribution >= 4 is 0 Å². The zero-order chi connectivity index (χ0) is 8.95. The van der Waals surface area contributed by atoms with E-state index >= 15 is 0 Å². The van der Waals surface area contributed by atoms with E-state index in [4.69, 9.17) is 0 Å². The predicted octanol–water partition coefficient (Wildman–Crippen LogP) is 2.75. The van der Waals surface area contributed by atoms with Gasteiger partial charge in [0, 0.05) is 0 Å². The average Bonchev–Trinajstić information content (AvgIpc) is 2.04. The lowest BCUT2D eigenvalue weighted by molar-refractivity contribution is 0.762. The molecule has 66 valence electrons. The van der Waals surface area contributed by atoms with E-state index < -0.39 is 0 Å². The van der Waals surface area contributed by atoms with Crippen molar-refractivity contribution in [2.75, 3.05) is 13.1 Å².